The highest BCUT2D eigenvalue weighted by molar-refractivity contribution is 7.89. The number of hydrogen-bond donors (Lipinski definition) is 0. The van der Waals surface area contributed by atoms with Crippen molar-refractivity contribution in [2.75, 3.05) is 32.7 Å². The Morgan fingerprint density at radius 3 is 2.39 bits per heavy atom. The van der Waals surface area contributed by atoms with Crippen LogP contribution in [0.4, 0.5) is 0 Å². The molecule has 31 heavy (non-hydrogen) atoms. The summed E-state index contributed by atoms with van der Waals surface area (Å²) in [6, 6.07) is 16.2. The van der Waals surface area contributed by atoms with Crippen molar-refractivity contribution in [1.29, 1.82) is 0 Å². The van der Waals surface area contributed by atoms with Crippen LogP contribution in [0.15, 0.2) is 75.6 Å². The first-order valence-corrected chi connectivity index (χ1v) is 12.4. The lowest BCUT2D eigenvalue weighted by atomic mass is 10.3. The minimum absolute atomic E-state index is 0.000119. The van der Waals surface area contributed by atoms with Gasteiger partial charge in [0.25, 0.3) is 0 Å². The van der Waals surface area contributed by atoms with Gasteiger partial charge in [-0.3, -0.25) is 9.69 Å². The van der Waals surface area contributed by atoms with Crippen molar-refractivity contribution in [2.24, 2.45) is 0 Å². The second-order valence-corrected chi connectivity index (χ2v) is 10.4. The first-order chi connectivity index (χ1) is 15.0. The number of benzene rings is 1. The van der Waals surface area contributed by atoms with Gasteiger partial charge in [-0.25, -0.2) is 8.42 Å². The largest absolute Gasteiger partial charge is 0.468 e. The summed E-state index contributed by atoms with van der Waals surface area (Å²) in [5.74, 6) is 0.808. The van der Waals surface area contributed by atoms with Gasteiger partial charge >= 0.3 is 0 Å². The van der Waals surface area contributed by atoms with Crippen LogP contribution >= 0.6 is 11.3 Å². The first-order valence-electron chi connectivity index (χ1n) is 10.1. The van der Waals surface area contributed by atoms with Gasteiger partial charge in [0.1, 0.15) is 5.76 Å². The fourth-order valence-corrected chi connectivity index (χ4v) is 5.81. The van der Waals surface area contributed by atoms with Crippen molar-refractivity contribution < 1.29 is 17.6 Å². The Morgan fingerprint density at radius 2 is 1.74 bits per heavy atom. The molecule has 0 radical (unpaired) electrons. The molecule has 0 aliphatic carbocycles. The summed E-state index contributed by atoms with van der Waals surface area (Å²) in [6.45, 7) is 2.82. The lowest BCUT2D eigenvalue weighted by Gasteiger charge is -2.35. The number of piperazine rings is 1. The molecule has 164 valence electrons. The number of carbonyl (C=O) groups is 1. The minimum atomic E-state index is -3.53. The maximum atomic E-state index is 13.0. The van der Waals surface area contributed by atoms with Crippen LogP contribution in [0.5, 0.6) is 0 Å². The monoisotopic (exact) mass is 459 g/mol. The maximum Gasteiger partial charge on any atom is 0.243 e. The number of furan rings is 1. The van der Waals surface area contributed by atoms with Gasteiger partial charge in [0.15, 0.2) is 0 Å². The van der Waals surface area contributed by atoms with Crippen molar-refractivity contribution in [3.8, 4) is 0 Å². The van der Waals surface area contributed by atoms with Crippen molar-refractivity contribution in [2.45, 2.75) is 18.0 Å². The molecule has 2 aromatic heterocycles. The predicted octanol–water partition coefficient (Wildman–Crippen LogP) is 2.88. The van der Waals surface area contributed by atoms with E-state index in [9.17, 15) is 13.2 Å². The molecule has 0 spiro atoms. The van der Waals surface area contributed by atoms with Crippen LogP contribution in [0.25, 0.3) is 0 Å². The highest BCUT2D eigenvalue weighted by Gasteiger charge is 2.30. The fourth-order valence-electron chi connectivity index (χ4n) is 3.62. The smallest absolute Gasteiger partial charge is 0.243 e. The third-order valence-electron chi connectivity index (χ3n) is 5.25. The van der Waals surface area contributed by atoms with E-state index in [1.807, 2.05) is 23.6 Å². The van der Waals surface area contributed by atoms with E-state index in [4.69, 9.17) is 4.42 Å². The molecule has 9 heteroatoms. The average Bonchev–Trinajstić information content (AvgIpc) is 3.49. The lowest BCUT2D eigenvalue weighted by molar-refractivity contribution is -0.133. The molecular formula is C22H25N3O4S2. The van der Waals surface area contributed by atoms with E-state index in [1.165, 1.54) is 9.18 Å². The summed E-state index contributed by atoms with van der Waals surface area (Å²) in [6.07, 6.45) is 1.63. The Hall–Kier alpha value is -2.46. The zero-order valence-electron chi connectivity index (χ0n) is 17.1. The quantitative estimate of drug-likeness (QED) is 0.518. The van der Waals surface area contributed by atoms with Gasteiger partial charge < -0.3 is 9.32 Å². The average molecular weight is 460 g/mol. The Kier molecular flexibility index (Phi) is 6.86. The van der Waals surface area contributed by atoms with Crippen LogP contribution in [0.2, 0.25) is 0 Å². The third kappa shape index (κ3) is 5.43. The van der Waals surface area contributed by atoms with Gasteiger partial charge in [0.2, 0.25) is 15.9 Å². The van der Waals surface area contributed by atoms with Crippen LogP contribution in [0.3, 0.4) is 0 Å². The van der Waals surface area contributed by atoms with Gasteiger partial charge in [-0.2, -0.15) is 4.31 Å². The van der Waals surface area contributed by atoms with E-state index in [-0.39, 0.29) is 17.3 Å². The van der Waals surface area contributed by atoms with E-state index >= 15 is 0 Å². The molecule has 1 fully saturated rings. The molecule has 1 amide bonds. The van der Waals surface area contributed by atoms with Crippen LogP contribution in [-0.4, -0.2) is 61.2 Å². The van der Waals surface area contributed by atoms with Gasteiger partial charge in [-0.1, -0.05) is 24.3 Å². The molecule has 0 saturated carbocycles. The molecular weight excluding hydrogens is 434 g/mol. The number of carbonyl (C=O) groups excluding carboxylic acids is 1. The zero-order chi connectivity index (χ0) is 21.7. The van der Waals surface area contributed by atoms with Crippen LogP contribution in [-0.2, 0) is 27.9 Å². The molecule has 1 aliphatic heterocycles. The molecule has 0 atom stereocenters. The molecule has 0 bridgehead atoms. The van der Waals surface area contributed by atoms with Gasteiger partial charge in [-0.15, -0.1) is 11.3 Å². The SMILES string of the molecule is O=C(CN(Cc1ccco1)Cc1cccs1)N1CCN(S(=O)(=O)c2ccccc2)CC1. The molecule has 0 N–H and O–H groups in total. The lowest BCUT2D eigenvalue weighted by Crippen LogP contribution is -2.52. The minimum Gasteiger partial charge on any atom is -0.468 e. The fraction of sp³-hybridized carbons (Fsp3) is 0.318. The number of nitrogens with zero attached hydrogens (tertiary/aromatic N) is 3. The van der Waals surface area contributed by atoms with Crippen molar-refractivity contribution in [1.82, 2.24) is 14.1 Å². The van der Waals surface area contributed by atoms with Gasteiger partial charge in [0.05, 0.1) is 24.2 Å². The summed E-state index contributed by atoms with van der Waals surface area (Å²) >= 11 is 1.66. The van der Waals surface area contributed by atoms with Crippen molar-refractivity contribution in [3.63, 3.8) is 0 Å². The normalized spacial score (nSPS) is 15.5. The number of rotatable bonds is 8. The number of hydrogen-bond acceptors (Lipinski definition) is 6. The summed E-state index contributed by atoms with van der Waals surface area (Å²) in [5, 5.41) is 2.02. The zero-order valence-corrected chi connectivity index (χ0v) is 18.7. The van der Waals surface area contributed by atoms with Crippen molar-refractivity contribution >= 4 is 27.3 Å². The van der Waals surface area contributed by atoms with Crippen LogP contribution in [0.1, 0.15) is 10.6 Å². The highest BCUT2D eigenvalue weighted by Crippen LogP contribution is 2.18. The molecule has 3 aromatic rings. The Labute approximate surface area is 186 Å². The summed E-state index contributed by atoms with van der Waals surface area (Å²) in [5.41, 5.74) is 0. The number of amides is 1. The molecule has 3 heterocycles. The second-order valence-electron chi connectivity index (χ2n) is 7.40. The van der Waals surface area contributed by atoms with E-state index in [0.717, 1.165) is 5.76 Å². The van der Waals surface area contributed by atoms with E-state index < -0.39 is 10.0 Å². The molecule has 1 saturated heterocycles. The number of sulfonamides is 1. The van der Waals surface area contributed by atoms with Gasteiger partial charge in [-0.05, 0) is 35.7 Å². The summed E-state index contributed by atoms with van der Waals surface area (Å²) < 4.78 is 32.5. The molecule has 1 aliphatic rings. The summed E-state index contributed by atoms with van der Waals surface area (Å²) in [4.78, 5) is 18.3. The maximum absolute atomic E-state index is 13.0. The second kappa shape index (κ2) is 9.78. The highest BCUT2D eigenvalue weighted by atomic mass is 32.2. The molecule has 0 unspecified atom stereocenters. The molecule has 1 aromatic carbocycles. The van der Waals surface area contributed by atoms with E-state index in [1.54, 1.807) is 52.8 Å². The van der Waals surface area contributed by atoms with Gasteiger partial charge in [0, 0.05) is 37.6 Å². The topological polar surface area (TPSA) is 74.1 Å². The standard InChI is InChI=1S/C22H25N3O4S2/c26-22(18-23(16-19-6-4-14-29-19)17-20-7-5-15-30-20)24-10-12-25(13-11-24)31(27,28)21-8-2-1-3-9-21/h1-9,14-15H,10-13,16-18H2. The van der Waals surface area contributed by atoms with E-state index in [2.05, 4.69) is 11.0 Å². The number of thiophene rings is 1. The summed E-state index contributed by atoms with van der Waals surface area (Å²) in [7, 11) is -3.53. The Morgan fingerprint density at radius 1 is 0.968 bits per heavy atom. The predicted molar refractivity (Wildman–Crippen MR) is 119 cm³/mol. The first kappa shape index (κ1) is 21.8. The van der Waals surface area contributed by atoms with Crippen LogP contribution < -0.4 is 0 Å². The van der Waals surface area contributed by atoms with Crippen LogP contribution in [0, 0.1) is 0 Å². The third-order valence-corrected chi connectivity index (χ3v) is 8.02. The molecule has 4 rings (SSSR count). The van der Waals surface area contributed by atoms with Crippen molar-refractivity contribution in [3.05, 3.63) is 76.9 Å². The Balaban J connectivity index is 1.36. The Bertz CT molecular complexity index is 1020. The van der Waals surface area contributed by atoms with E-state index in [0.29, 0.717) is 39.3 Å². The molecule has 7 nitrogen and oxygen atoms in total.